The van der Waals surface area contributed by atoms with Crippen LogP contribution in [0.2, 0.25) is 5.02 Å². The van der Waals surface area contributed by atoms with Gasteiger partial charge in [-0.25, -0.2) is 9.59 Å². The number of hydrogen-bond acceptors (Lipinski definition) is 6. The highest BCUT2D eigenvalue weighted by molar-refractivity contribution is 6.41. The van der Waals surface area contributed by atoms with E-state index in [9.17, 15) is 9.59 Å². The summed E-state index contributed by atoms with van der Waals surface area (Å²) in [4.78, 5) is 25.2. The summed E-state index contributed by atoms with van der Waals surface area (Å²) in [6.07, 6.45) is 3.68. The molecule has 1 aromatic carbocycles. The van der Waals surface area contributed by atoms with Gasteiger partial charge in [-0.3, -0.25) is 5.43 Å². The first-order valence-corrected chi connectivity index (χ1v) is 8.98. The van der Waals surface area contributed by atoms with Gasteiger partial charge in [0, 0.05) is 10.7 Å². The van der Waals surface area contributed by atoms with Crippen LogP contribution in [0.1, 0.15) is 44.1 Å². The van der Waals surface area contributed by atoms with Crippen LogP contribution in [0.5, 0.6) is 0 Å². The molecule has 1 atom stereocenters. The third-order valence-corrected chi connectivity index (χ3v) is 5.06. The molecule has 26 heavy (non-hydrogen) atoms. The van der Waals surface area contributed by atoms with Crippen LogP contribution in [0.25, 0.3) is 0 Å². The first kappa shape index (κ1) is 18.5. The largest absolute Gasteiger partial charge is 0.466 e. The number of halogens is 1. The first-order chi connectivity index (χ1) is 12.5. The summed E-state index contributed by atoms with van der Waals surface area (Å²) in [6, 6.07) is 7.07. The Morgan fingerprint density at radius 2 is 1.88 bits per heavy atom. The van der Waals surface area contributed by atoms with E-state index < -0.39 is 17.9 Å². The number of rotatable bonds is 4. The number of nitrogens with one attached hydrogen (secondary N) is 1. The molecule has 0 saturated heterocycles. The zero-order valence-corrected chi connectivity index (χ0v) is 15.5. The number of esters is 2. The van der Waals surface area contributed by atoms with Crippen LogP contribution < -0.4 is 5.43 Å². The summed E-state index contributed by atoms with van der Waals surface area (Å²) < 4.78 is 10.5. The number of ether oxygens (including phenoxy) is 2. The van der Waals surface area contributed by atoms with Gasteiger partial charge in [0.05, 0.1) is 18.6 Å². The predicted octanol–water partition coefficient (Wildman–Crippen LogP) is 3.32. The fourth-order valence-corrected chi connectivity index (χ4v) is 3.64. The lowest BCUT2D eigenvalue weighted by Gasteiger charge is -2.27. The van der Waals surface area contributed by atoms with Crippen molar-refractivity contribution in [3.63, 3.8) is 0 Å². The van der Waals surface area contributed by atoms with Crippen LogP contribution in [-0.4, -0.2) is 30.9 Å². The van der Waals surface area contributed by atoms with Crippen LogP contribution in [0.3, 0.4) is 0 Å². The summed E-state index contributed by atoms with van der Waals surface area (Å²) in [5.41, 5.74) is 4.27. The second-order valence-electron chi connectivity index (χ2n) is 6.41. The van der Waals surface area contributed by atoms with Gasteiger partial charge < -0.3 is 9.47 Å². The quantitative estimate of drug-likeness (QED) is 0.816. The minimum Gasteiger partial charge on any atom is -0.466 e. The lowest BCUT2D eigenvalue weighted by atomic mass is 9.84. The topological polar surface area (TPSA) is 77.0 Å². The van der Waals surface area contributed by atoms with E-state index in [2.05, 4.69) is 10.5 Å². The van der Waals surface area contributed by atoms with Gasteiger partial charge in [0.2, 0.25) is 0 Å². The van der Waals surface area contributed by atoms with Crippen LogP contribution in [-0.2, 0) is 19.1 Å². The summed E-state index contributed by atoms with van der Waals surface area (Å²) in [6.45, 7) is 1.71. The summed E-state index contributed by atoms with van der Waals surface area (Å²) >= 11 is 6.36. The molecule has 1 aliphatic heterocycles. The molecule has 1 saturated carbocycles. The summed E-state index contributed by atoms with van der Waals surface area (Å²) in [5.74, 6) is -1.82. The maximum Gasteiger partial charge on any atom is 0.355 e. The molecule has 2 aliphatic rings. The molecule has 0 bridgehead atoms. The van der Waals surface area contributed by atoms with Crippen LogP contribution in [0.15, 0.2) is 40.6 Å². The molecule has 0 radical (unpaired) electrons. The van der Waals surface area contributed by atoms with Crippen molar-refractivity contribution in [2.24, 2.45) is 5.10 Å². The Bertz CT molecular complexity index is 781. The zero-order valence-electron chi connectivity index (χ0n) is 14.8. The van der Waals surface area contributed by atoms with Crippen molar-refractivity contribution in [2.45, 2.75) is 44.6 Å². The molecular weight excluding hydrogens is 356 g/mol. The number of carbonyl (C=O) groups is 2. The Balaban J connectivity index is 2.00. The smallest absolute Gasteiger partial charge is 0.355 e. The Kier molecular flexibility index (Phi) is 5.61. The van der Waals surface area contributed by atoms with Crippen molar-refractivity contribution in [3.05, 3.63) is 46.1 Å². The molecule has 0 aromatic heterocycles. The van der Waals surface area contributed by atoms with Crippen molar-refractivity contribution in [1.82, 2.24) is 5.43 Å². The van der Waals surface area contributed by atoms with E-state index in [1.807, 2.05) is 0 Å². The molecule has 0 amide bonds. The predicted molar refractivity (Wildman–Crippen MR) is 97.8 cm³/mol. The fourth-order valence-electron chi connectivity index (χ4n) is 3.40. The normalized spacial score (nSPS) is 20.4. The average molecular weight is 377 g/mol. The van der Waals surface area contributed by atoms with E-state index in [1.54, 1.807) is 31.2 Å². The molecular formula is C19H21ClN2O4. The van der Waals surface area contributed by atoms with Crippen LogP contribution in [0.4, 0.5) is 0 Å². The second-order valence-corrected chi connectivity index (χ2v) is 6.81. The number of hydrogen-bond donors (Lipinski definition) is 1. The SMILES string of the molecule is COC(=O)C1=C(C)NN=C(C(=O)OC2CCCC2)C1c1ccccc1Cl. The van der Waals surface area contributed by atoms with E-state index in [-0.39, 0.29) is 11.8 Å². The third-order valence-electron chi connectivity index (χ3n) is 4.72. The van der Waals surface area contributed by atoms with Crippen LogP contribution in [0, 0.1) is 0 Å². The number of carbonyl (C=O) groups excluding carboxylic acids is 2. The molecule has 1 aliphatic carbocycles. The Morgan fingerprint density at radius 1 is 1.19 bits per heavy atom. The lowest BCUT2D eigenvalue weighted by Crippen LogP contribution is -2.37. The number of methoxy groups -OCH3 is 1. The van der Waals surface area contributed by atoms with Gasteiger partial charge in [-0.05, 0) is 44.2 Å². The van der Waals surface area contributed by atoms with Gasteiger partial charge in [0.1, 0.15) is 6.10 Å². The Hall–Kier alpha value is -2.34. The molecule has 1 N–H and O–H groups in total. The maximum absolute atomic E-state index is 12.8. The molecule has 7 heteroatoms. The molecule has 6 nitrogen and oxygen atoms in total. The van der Waals surface area contributed by atoms with Gasteiger partial charge in [-0.1, -0.05) is 29.8 Å². The van der Waals surface area contributed by atoms with Gasteiger partial charge in [0.25, 0.3) is 0 Å². The lowest BCUT2D eigenvalue weighted by molar-refractivity contribution is -0.140. The summed E-state index contributed by atoms with van der Waals surface area (Å²) in [7, 11) is 1.30. The van der Waals surface area contributed by atoms with Gasteiger partial charge in [0.15, 0.2) is 5.71 Å². The first-order valence-electron chi connectivity index (χ1n) is 8.61. The van der Waals surface area contributed by atoms with Crippen molar-refractivity contribution in [1.29, 1.82) is 0 Å². The van der Waals surface area contributed by atoms with E-state index in [0.29, 0.717) is 21.9 Å². The molecule has 138 valence electrons. The zero-order chi connectivity index (χ0) is 18.7. The molecule has 1 aromatic rings. The Morgan fingerprint density at radius 3 is 2.54 bits per heavy atom. The standard InChI is InChI=1S/C19H21ClN2O4/c1-11-15(18(23)25-2)16(13-9-5-6-10-14(13)20)17(22-21-11)19(24)26-12-7-3-4-8-12/h5-6,9-10,12,16,21H,3-4,7-8H2,1-2H3. The monoisotopic (exact) mass is 376 g/mol. The highest BCUT2D eigenvalue weighted by Crippen LogP contribution is 2.36. The fraction of sp³-hybridized carbons (Fsp3) is 0.421. The van der Waals surface area contributed by atoms with Crippen molar-refractivity contribution in [2.75, 3.05) is 7.11 Å². The molecule has 1 unspecified atom stereocenters. The third kappa shape index (κ3) is 3.60. The van der Waals surface area contributed by atoms with Crippen LogP contribution >= 0.6 is 11.6 Å². The van der Waals surface area contributed by atoms with E-state index in [4.69, 9.17) is 21.1 Å². The highest BCUT2D eigenvalue weighted by atomic mass is 35.5. The van der Waals surface area contributed by atoms with E-state index in [0.717, 1.165) is 25.7 Å². The van der Waals surface area contributed by atoms with E-state index >= 15 is 0 Å². The molecule has 1 heterocycles. The van der Waals surface area contributed by atoms with Gasteiger partial charge in [-0.2, -0.15) is 5.10 Å². The molecule has 3 rings (SSSR count). The molecule has 1 fully saturated rings. The van der Waals surface area contributed by atoms with Gasteiger partial charge in [-0.15, -0.1) is 0 Å². The van der Waals surface area contributed by atoms with Crippen molar-refractivity contribution < 1.29 is 19.1 Å². The number of benzene rings is 1. The summed E-state index contributed by atoms with van der Waals surface area (Å²) in [5, 5.41) is 4.63. The number of allylic oxidation sites excluding steroid dienone is 1. The van der Waals surface area contributed by atoms with Crippen molar-refractivity contribution in [3.8, 4) is 0 Å². The maximum atomic E-state index is 12.8. The minimum absolute atomic E-state index is 0.106. The Labute approximate surface area is 157 Å². The van der Waals surface area contributed by atoms with E-state index in [1.165, 1.54) is 7.11 Å². The number of hydrazone groups is 1. The van der Waals surface area contributed by atoms with Gasteiger partial charge >= 0.3 is 11.9 Å². The average Bonchev–Trinajstić information content (AvgIpc) is 3.14. The number of nitrogens with zero attached hydrogens (tertiary/aromatic N) is 1. The van der Waals surface area contributed by atoms with Crippen molar-refractivity contribution >= 4 is 29.3 Å². The highest BCUT2D eigenvalue weighted by Gasteiger charge is 2.39. The minimum atomic E-state index is -0.744. The second kappa shape index (κ2) is 7.91. The molecule has 0 spiro atoms.